The van der Waals surface area contributed by atoms with Crippen molar-refractivity contribution >= 4 is 5.91 Å². The topological polar surface area (TPSA) is 86.6 Å². The molecule has 0 unspecified atom stereocenters. The lowest BCUT2D eigenvalue weighted by Gasteiger charge is -2.32. The molecule has 1 aromatic rings. The normalized spacial score (nSPS) is 19.5. The molecule has 1 N–H and O–H groups in total. The van der Waals surface area contributed by atoms with Crippen molar-refractivity contribution < 1.29 is 4.79 Å². The molecule has 0 spiro atoms. The molecule has 122 valence electrons. The fraction of sp³-hybridized carbons (Fsp3) is 0.688. The minimum atomic E-state index is -0.355. The van der Waals surface area contributed by atoms with Gasteiger partial charge < -0.3 is 4.90 Å². The molecule has 2 aliphatic heterocycles. The zero-order chi connectivity index (χ0) is 16.1. The van der Waals surface area contributed by atoms with E-state index < -0.39 is 0 Å². The Hall–Kier alpha value is -2.23. The van der Waals surface area contributed by atoms with Crippen molar-refractivity contribution in [2.45, 2.75) is 50.6 Å². The molecule has 1 amide bonds. The van der Waals surface area contributed by atoms with Gasteiger partial charge >= 0.3 is 0 Å². The van der Waals surface area contributed by atoms with Gasteiger partial charge in [0.15, 0.2) is 5.66 Å². The molecular formula is C16H22N6O. The second-order valence-electron chi connectivity index (χ2n) is 6.35. The Morgan fingerprint density at radius 3 is 2.78 bits per heavy atom. The van der Waals surface area contributed by atoms with Crippen molar-refractivity contribution in [3.63, 3.8) is 0 Å². The van der Waals surface area contributed by atoms with E-state index in [4.69, 9.17) is 6.42 Å². The molecule has 0 saturated carbocycles. The van der Waals surface area contributed by atoms with Gasteiger partial charge in [0, 0.05) is 45.2 Å². The van der Waals surface area contributed by atoms with Crippen molar-refractivity contribution in [2.24, 2.45) is 16.1 Å². The smallest absolute Gasteiger partial charge is 0.222 e. The number of aromatic amines is 1. The Morgan fingerprint density at radius 1 is 1.39 bits per heavy atom. The van der Waals surface area contributed by atoms with E-state index in [2.05, 4.69) is 31.3 Å². The first kappa shape index (κ1) is 15.7. The van der Waals surface area contributed by atoms with Crippen LogP contribution in [0.2, 0.25) is 0 Å². The third-order valence-electron chi connectivity index (χ3n) is 4.71. The Balaban J connectivity index is 1.38. The van der Waals surface area contributed by atoms with Gasteiger partial charge in [-0.05, 0) is 18.8 Å². The number of amides is 1. The van der Waals surface area contributed by atoms with Crippen LogP contribution in [0.4, 0.5) is 0 Å². The lowest BCUT2D eigenvalue weighted by Crippen LogP contribution is -2.39. The highest BCUT2D eigenvalue weighted by atomic mass is 16.2. The highest BCUT2D eigenvalue weighted by Gasteiger charge is 2.39. The minimum Gasteiger partial charge on any atom is -0.343 e. The van der Waals surface area contributed by atoms with Crippen molar-refractivity contribution in [1.29, 1.82) is 0 Å². The highest BCUT2D eigenvalue weighted by molar-refractivity contribution is 5.76. The number of nitrogens with one attached hydrogen (secondary N) is 1. The molecule has 23 heavy (non-hydrogen) atoms. The van der Waals surface area contributed by atoms with E-state index >= 15 is 0 Å². The van der Waals surface area contributed by atoms with Gasteiger partial charge in [-0.25, -0.2) is 4.98 Å². The summed E-state index contributed by atoms with van der Waals surface area (Å²) in [6.07, 6.45) is 12.4. The zero-order valence-electron chi connectivity index (χ0n) is 13.2. The van der Waals surface area contributed by atoms with Crippen molar-refractivity contribution in [3.8, 4) is 12.3 Å². The minimum absolute atomic E-state index is 0.209. The number of carbonyl (C=O) groups excluding carboxylic acids is 1. The quantitative estimate of drug-likeness (QED) is 0.780. The van der Waals surface area contributed by atoms with Crippen LogP contribution in [0.1, 0.15) is 44.3 Å². The fourth-order valence-electron chi connectivity index (χ4n) is 3.12. The van der Waals surface area contributed by atoms with Crippen LogP contribution in [0.3, 0.4) is 0 Å². The predicted octanol–water partition coefficient (Wildman–Crippen LogP) is 1.94. The van der Waals surface area contributed by atoms with Gasteiger partial charge in [-0.15, -0.1) is 12.3 Å². The van der Waals surface area contributed by atoms with Crippen molar-refractivity contribution in [3.05, 3.63) is 12.2 Å². The number of terminal acetylenes is 1. The summed E-state index contributed by atoms with van der Waals surface area (Å²) in [7, 11) is 0. The molecule has 3 rings (SSSR count). The Morgan fingerprint density at radius 2 is 2.17 bits per heavy atom. The fourth-order valence-corrected chi connectivity index (χ4v) is 3.12. The molecule has 1 aromatic heterocycles. The van der Waals surface area contributed by atoms with Crippen molar-refractivity contribution in [1.82, 2.24) is 20.1 Å². The van der Waals surface area contributed by atoms with Crippen LogP contribution < -0.4 is 0 Å². The summed E-state index contributed by atoms with van der Waals surface area (Å²) in [5.41, 5.74) is -0.355. The zero-order valence-corrected chi connectivity index (χ0v) is 13.2. The van der Waals surface area contributed by atoms with Crippen LogP contribution in [0.25, 0.3) is 0 Å². The Kier molecular flexibility index (Phi) is 4.70. The molecule has 0 bridgehead atoms. The lowest BCUT2D eigenvalue weighted by molar-refractivity contribution is -0.132. The summed E-state index contributed by atoms with van der Waals surface area (Å²) in [5.74, 6) is 4.32. The molecule has 7 nitrogen and oxygen atoms in total. The standard InChI is InChI=1S/C16H22N6O/c1-2-3-7-16(20-21-16)8-4-15(23)22-9-5-13(6-10-22)11-14-17-12-18-19-14/h1,12-13H,3-11H2,(H,17,18,19). The number of hydrogen-bond acceptors (Lipinski definition) is 5. The first-order chi connectivity index (χ1) is 11.2. The molecule has 3 heterocycles. The Labute approximate surface area is 136 Å². The second kappa shape index (κ2) is 6.90. The van der Waals surface area contributed by atoms with Crippen LogP contribution in [0, 0.1) is 18.3 Å². The molecule has 0 aromatic carbocycles. The average molecular weight is 314 g/mol. The van der Waals surface area contributed by atoms with E-state index in [0.29, 0.717) is 25.2 Å². The summed E-state index contributed by atoms with van der Waals surface area (Å²) in [4.78, 5) is 18.5. The number of aromatic nitrogens is 3. The first-order valence-electron chi connectivity index (χ1n) is 8.20. The monoisotopic (exact) mass is 314 g/mol. The molecule has 7 heteroatoms. The first-order valence-corrected chi connectivity index (χ1v) is 8.20. The van der Waals surface area contributed by atoms with Crippen LogP contribution in [-0.4, -0.2) is 44.7 Å². The van der Waals surface area contributed by atoms with Gasteiger partial charge in [0.1, 0.15) is 12.2 Å². The van der Waals surface area contributed by atoms with Crippen molar-refractivity contribution in [2.75, 3.05) is 13.1 Å². The molecular weight excluding hydrogens is 292 g/mol. The van der Waals surface area contributed by atoms with Crippen LogP contribution >= 0.6 is 0 Å². The summed E-state index contributed by atoms with van der Waals surface area (Å²) >= 11 is 0. The SMILES string of the molecule is C#CCCC1(CCC(=O)N2CCC(Cc3ncn[nH]3)CC2)N=N1. The van der Waals surface area contributed by atoms with E-state index in [9.17, 15) is 4.79 Å². The van der Waals surface area contributed by atoms with Gasteiger partial charge in [-0.1, -0.05) is 0 Å². The van der Waals surface area contributed by atoms with Crippen LogP contribution in [0.15, 0.2) is 16.6 Å². The summed E-state index contributed by atoms with van der Waals surface area (Å²) < 4.78 is 0. The third kappa shape index (κ3) is 4.15. The molecule has 0 aliphatic carbocycles. The average Bonchev–Trinajstić information content (AvgIpc) is 3.17. The maximum Gasteiger partial charge on any atom is 0.222 e. The second-order valence-corrected chi connectivity index (χ2v) is 6.35. The number of nitrogens with zero attached hydrogens (tertiary/aromatic N) is 5. The van der Waals surface area contributed by atoms with Gasteiger partial charge in [-0.2, -0.15) is 15.3 Å². The number of hydrogen-bond donors (Lipinski definition) is 1. The molecule has 0 radical (unpaired) electrons. The van der Waals surface area contributed by atoms with E-state index in [0.717, 1.165) is 44.6 Å². The number of H-pyrrole nitrogens is 1. The number of piperidine rings is 1. The van der Waals surface area contributed by atoms with Gasteiger partial charge in [0.05, 0.1) is 0 Å². The maximum atomic E-state index is 12.3. The molecule has 1 saturated heterocycles. The number of rotatable bonds is 7. The van der Waals surface area contributed by atoms with E-state index in [1.54, 1.807) is 0 Å². The predicted molar refractivity (Wildman–Crippen MR) is 84.3 cm³/mol. The third-order valence-corrected chi connectivity index (χ3v) is 4.71. The number of likely N-dealkylation sites (tertiary alicyclic amines) is 1. The maximum absolute atomic E-state index is 12.3. The van der Waals surface area contributed by atoms with Gasteiger partial charge in [-0.3, -0.25) is 9.89 Å². The largest absolute Gasteiger partial charge is 0.343 e. The van der Waals surface area contributed by atoms with Crippen LogP contribution in [-0.2, 0) is 11.2 Å². The van der Waals surface area contributed by atoms with Gasteiger partial charge in [0.25, 0.3) is 0 Å². The summed E-state index contributed by atoms with van der Waals surface area (Å²) in [6.45, 7) is 1.65. The van der Waals surface area contributed by atoms with E-state index in [1.165, 1.54) is 6.33 Å². The highest BCUT2D eigenvalue weighted by Crippen LogP contribution is 2.37. The van der Waals surface area contributed by atoms with E-state index in [1.807, 2.05) is 4.90 Å². The van der Waals surface area contributed by atoms with Gasteiger partial charge in [0.2, 0.25) is 5.91 Å². The summed E-state index contributed by atoms with van der Waals surface area (Å²) in [6, 6.07) is 0. The van der Waals surface area contributed by atoms with E-state index in [-0.39, 0.29) is 11.6 Å². The molecule has 1 fully saturated rings. The molecule has 0 atom stereocenters. The lowest BCUT2D eigenvalue weighted by atomic mass is 9.93. The molecule has 2 aliphatic rings. The summed E-state index contributed by atoms with van der Waals surface area (Å²) in [5, 5.41) is 14.9. The van der Waals surface area contributed by atoms with Crippen LogP contribution in [0.5, 0.6) is 0 Å². The Bertz CT molecular complexity index is 589. The number of carbonyl (C=O) groups is 1.